The highest BCUT2D eigenvalue weighted by Gasteiger charge is 2.27. The molecule has 27 heavy (non-hydrogen) atoms. The monoisotopic (exact) mass is 377 g/mol. The van der Waals surface area contributed by atoms with E-state index < -0.39 is 0 Å². The summed E-state index contributed by atoms with van der Waals surface area (Å²) in [6.07, 6.45) is 16.4. The van der Waals surface area contributed by atoms with Gasteiger partial charge in [0.1, 0.15) is 0 Å². The van der Waals surface area contributed by atoms with E-state index in [1.165, 1.54) is 110 Å². The number of likely N-dealkylation sites (tertiary alicyclic amines) is 2. The topological polar surface area (TPSA) is 42.9 Å². The number of rotatable bonds is 8. The van der Waals surface area contributed by atoms with Gasteiger partial charge < -0.3 is 20.4 Å². The molecule has 0 aromatic rings. The smallest absolute Gasteiger partial charge is 0.191 e. The summed E-state index contributed by atoms with van der Waals surface area (Å²) in [5.74, 6) is 1.00. The zero-order valence-corrected chi connectivity index (χ0v) is 17.7. The molecule has 0 bridgehead atoms. The van der Waals surface area contributed by atoms with Gasteiger partial charge in [0.2, 0.25) is 0 Å². The third kappa shape index (κ3) is 7.26. The van der Waals surface area contributed by atoms with Crippen molar-refractivity contribution >= 4 is 5.96 Å². The van der Waals surface area contributed by atoms with Crippen molar-refractivity contribution < 1.29 is 0 Å². The second kappa shape index (κ2) is 11.9. The minimum Gasteiger partial charge on any atom is -0.356 e. The average molecular weight is 378 g/mol. The van der Waals surface area contributed by atoms with E-state index in [9.17, 15) is 0 Å². The summed E-state index contributed by atoms with van der Waals surface area (Å²) in [5.41, 5.74) is 0. The molecule has 0 atom stereocenters. The Balaban J connectivity index is 1.22. The quantitative estimate of drug-likeness (QED) is 0.387. The van der Waals surface area contributed by atoms with Crippen molar-refractivity contribution in [3.8, 4) is 0 Å². The van der Waals surface area contributed by atoms with Crippen molar-refractivity contribution in [2.45, 2.75) is 89.1 Å². The Kier molecular flexibility index (Phi) is 9.22. The molecule has 5 nitrogen and oxygen atoms in total. The van der Waals surface area contributed by atoms with Crippen LogP contribution in [0.2, 0.25) is 0 Å². The molecule has 0 amide bonds. The fourth-order valence-corrected chi connectivity index (χ4v) is 5.09. The van der Waals surface area contributed by atoms with Crippen LogP contribution in [0.4, 0.5) is 0 Å². The third-order valence-electron chi connectivity index (χ3n) is 6.83. The number of aliphatic imine (C=N–C) groups is 1. The van der Waals surface area contributed by atoms with E-state index in [1.54, 1.807) is 0 Å². The van der Waals surface area contributed by atoms with Crippen LogP contribution < -0.4 is 10.6 Å². The van der Waals surface area contributed by atoms with E-state index >= 15 is 0 Å². The van der Waals surface area contributed by atoms with Gasteiger partial charge in [0.25, 0.3) is 0 Å². The molecule has 0 aromatic carbocycles. The second-order valence-corrected chi connectivity index (χ2v) is 8.85. The number of unbranched alkanes of at least 4 members (excludes halogenated alkanes) is 2. The lowest BCUT2D eigenvalue weighted by Crippen LogP contribution is -2.50. The first kappa shape index (κ1) is 20.9. The van der Waals surface area contributed by atoms with Crippen LogP contribution in [0.3, 0.4) is 0 Å². The van der Waals surface area contributed by atoms with Gasteiger partial charge in [-0.15, -0.1) is 0 Å². The van der Waals surface area contributed by atoms with Gasteiger partial charge in [0.15, 0.2) is 5.96 Å². The molecule has 2 N–H and O–H groups in total. The Morgan fingerprint density at radius 2 is 1.59 bits per heavy atom. The maximum Gasteiger partial charge on any atom is 0.191 e. The Labute approximate surface area is 167 Å². The lowest BCUT2D eigenvalue weighted by atomic mass is 10.0. The molecular formula is C22H43N5. The van der Waals surface area contributed by atoms with Gasteiger partial charge in [-0.3, -0.25) is 4.99 Å². The lowest BCUT2D eigenvalue weighted by molar-refractivity contribution is 0.150. The zero-order valence-electron chi connectivity index (χ0n) is 17.7. The number of nitrogens with one attached hydrogen (secondary N) is 2. The summed E-state index contributed by atoms with van der Waals surface area (Å²) in [4.78, 5) is 9.83. The Morgan fingerprint density at radius 1 is 0.852 bits per heavy atom. The van der Waals surface area contributed by atoms with Gasteiger partial charge in [0, 0.05) is 38.8 Å². The van der Waals surface area contributed by atoms with Crippen molar-refractivity contribution in [3.05, 3.63) is 0 Å². The molecule has 1 saturated carbocycles. The Bertz CT molecular complexity index is 418. The van der Waals surface area contributed by atoms with Gasteiger partial charge in [-0.2, -0.15) is 0 Å². The third-order valence-corrected chi connectivity index (χ3v) is 6.83. The van der Waals surface area contributed by atoms with E-state index in [0.29, 0.717) is 6.04 Å². The number of hydrogen-bond donors (Lipinski definition) is 2. The summed E-state index contributed by atoms with van der Waals surface area (Å²) in [6, 6.07) is 1.47. The maximum absolute atomic E-state index is 4.44. The molecule has 0 aromatic heterocycles. The first-order valence-corrected chi connectivity index (χ1v) is 11.8. The molecule has 5 heteroatoms. The molecule has 3 aliphatic rings. The molecule has 2 heterocycles. The summed E-state index contributed by atoms with van der Waals surface area (Å²) >= 11 is 0. The van der Waals surface area contributed by atoms with Crippen LogP contribution in [0.1, 0.15) is 77.0 Å². The molecular weight excluding hydrogens is 334 g/mol. The minimum atomic E-state index is 0.591. The van der Waals surface area contributed by atoms with E-state index in [-0.39, 0.29) is 0 Å². The van der Waals surface area contributed by atoms with Crippen LogP contribution in [0.15, 0.2) is 4.99 Å². The first-order valence-electron chi connectivity index (χ1n) is 11.8. The molecule has 0 radical (unpaired) electrons. The van der Waals surface area contributed by atoms with Crippen LogP contribution in [-0.2, 0) is 0 Å². The Hall–Kier alpha value is -0.810. The van der Waals surface area contributed by atoms with Gasteiger partial charge in [0.05, 0.1) is 0 Å². The maximum atomic E-state index is 4.44. The van der Waals surface area contributed by atoms with E-state index in [4.69, 9.17) is 0 Å². The van der Waals surface area contributed by atoms with Crippen LogP contribution in [-0.4, -0.2) is 74.2 Å². The van der Waals surface area contributed by atoms with Crippen molar-refractivity contribution in [3.63, 3.8) is 0 Å². The minimum absolute atomic E-state index is 0.591. The van der Waals surface area contributed by atoms with Crippen molar-refractivity contribution in [2.75, 3.05) is 46.3 Å². The van der Waals surface area contributed by atoms with Gasteiger partial charge in [-0.1, -0.05) is 25.7 Å². The van der Waals surface area contributed by atoms with Crippen LogP contribution >= 0.6 is 0 Å². The average Bonchev–Trinajstić information content (AvgIpc) is 3.26. The SMILES string of the molecule is CN=C(NCCCCCN1CCCCC1)NC1CCN(C2CCCC2)CC1. The molecule has 0 unspecified atom stereocenters. The van der Waals surface area contributed by atoms with Crippen LogP contribution in [0.5, 0.6) is 0 Å². The summed E-state index contributed by atoms with van der Waals surface area (Å²) in [7, 11) is 1.90. The normalized spacial score (nSPS) is 24.4. The van der Waals surface area contributed by atoms with E-state index in [2.05, 4.69) is 25.4 Å². The second-order valence-electron chi connectivity index (χ2n) is 8.85. The fourth-order valence-electron chi connectivity index (χ4n) is 5.09. The zero-order chi connectivity index (χ0) is 18.7. The summed E-state index contributed by atoms with van der Waals surface area (Å²) < 4.78 is 0. The molecule has 1 aliphatic carbocycles. The van der Waals surface area contributed by atoms with Crippen molar-refractivity contribution in [1.82, 2.24) is 20.4 Å². The van der Waals surface area contributed by atoms with E-state index in [0.717, 1.165) is 18.5 Å². The Morgan fingerprint density at radius 3 is 2.30 bits per heavy atom. The molecule has 0 spiro atoms. The molecule has 156 valence electrons. The molecule has 3 rings (SSSR count). The number of nitrogens with zero attached hydrogens (tertiary/aromatic N) is 3. The number of hydrogen-bond acceptors (Lipinski definition) is 3. The molecule has 3 fully saturated rings. The first-order chi connectivity index (χ1) is 13.3. The van der Waals surface area contributed by atoms with Crippen LogP contribution in [0.25, 0.3) is 0 Å². The highest BCUT2D eigenvalue weighted by molar-refractivity contribution is 5.79. The molecule has 2 aliphatic heterocycles. The lowest BCUT2D eigenvalue weighted by Gasteiger charge is -2.36. The summed E-state index contributed by atoms with van der Waals surface area (Å²) in [5, 5.41) is 7.20. The predicted octanol–water partition coefficient (Wildman–Crippen LogP) is 3.21. The van der Waals surface area contributed by atoms with Gasteiger partial charge >= 0.3 is 0 Å². The number of piperidine rings is 2. The van der Waals surface area contributed by atoms with Crippen molar-refractivity contribution in [1.29, 1.82) is 0 Å². The van der Waals surface area contributed by atoms with Gasteiger partial charge in [-0.25, -0.2) is 0 Å². The fraction of sp³-hybridized carbons (Fsp3) is 0.955. The van der Waals surface area contributed by atoms with Crippen molar-refractivity contribution in [2.24, 2.45) is 4.99 Å². The van der Waals surface area contributed by atoms with Gasteiger partial charge in [-0.05, 0) is 71.0 Å². The standard InChI is InChI=1S/C22H43N5/c1-23-22(24-14-6-2-7-15-26-16-8-3-9-17-26)25-20-12-18-27(19-13-20)21-10-4-5-11-21/h20-21H,2-19H2,1H3,(H2,23,24,25). The molecule has 2 saturated heterocycles. The predicted molar refractivity (Wildman–Crippen MR) is 115 cm³/mol. The highest BCUT2D eigenvalue weighted by Crippen LogP contribution is 2.26. The van der Waals surface area contributed by atoms with Crippen LogP contribution in [0, 0.1) is 0 Å². The number of guanidine groups is 1. The highest BCUT2D eigenvalue weighted by atomic mass is 15.2. The largest absolute Gasteiger partial charge is 0.356 e. The van der Waals surface area contributed by atoms with E-state index in [1.807, 2.05) is 7.05 Å². The summed E-state index contributed by atoms with van der Waals surface area (Å²) in [6.45, 7) is 7.52.